The van der Waals surface area contributed by atoms with E-state index in [0.717, 1.165) is 61.7 Å². The molecule has 0 fully saturated rings. The van der Waals surface area contributed by atoms with Crippen LogP contribution in [-0.4, -0.2) is 18.8 Å². The molecule has 2 aliphatic heterocycles. The molecule has 287 valence electrons. The number of benzene rings is 5. The van der Waals surface area contributed by atoms with Crippen molar-refractivity contribution in [3.05, 3.63) is 143 Å². The van der Waals surface area contributed by atoms with Crippen molar-refractivity contribution < 1.29 is 24.2 Å². The van der Waals surface area contributed by atoms with Gasteiger partial charge in [-0.3, -0.25) is 9.97 Å². The standard InChI is InChI=1S/C30H27N2.C22H21N2.Ir/c1-28(2)17-30(5)26-24(21-13-8-9-15-22(21)28)31-27-20-12-7-6-11-18(20)19-14-10-16-23(29(30,3)4)25(19)32(26)27;1-13-10-11-16-19-18(13)14-8-6-7-9-15(14)20-23-12-17(24(19)20)22(4,5)21(16,2)3;/h6-11,13-16H,17H2,1-5H3;6-8,10-12H,1-5H3;/q2*-1;/i;1D3;. The van der Waals surface area contributed by atoms with Gasteiger partial charge in [-0.2, -0.15) is 0 Å². The van der Waals surface area contributed by atoms with Crippen LogP contribution in [0.15, 0.2) is 97.2 Å². The first kappa shape index (κ1) is 33.2. The van der Waals surface area contributed by atoms with Crippen molar-refractivity contribution in [2.45, 2.75) is 103 Å². The second-order valence-electron chi connectivity index (χ2n) is 19.1. The Labute approximate surface area is 352 Å². The van der Waals surface area contributed by atoms with Gasteiger partial charge in [0, 0.05) is 80.1 Å². The fourth-order valence-electron chi connectivity index (χ4n) is 11.3. The molecule has 4 nitrogen and oxygen atoms in total. The smallest absolute Gasteiger partial charge is 0.0813 e. The number of aromatic nitrogens is 4. The van der Waals surface area contributed by atoms with Gasteiger partial charge in [0.25, 0.3) is 0 Å². The number of pyridine rings is 2. The van der Waals surface area contributed by atoms with Crippen LogP contribution < -0.4 is 0 Å². The number of hydrogen-bond acceptors (Lipinski definition) is 2. The molecule has 12 rings (SSSR count). The Balaban J connectivity index is 0.000000144. The third-order valence-electron chi connectivity index (χ3n) is 15.2. The minimum Gasteiger partial charge on any atom is -0.336 e. The van der Waals surface area contributed by atoms with E-state index in [1.807, 2.05) is 36.5 Å². The van der Waals surface area contributed by atoms with Crippen molar-refractivity contribution in [1.29, 1.82) is 0 Å². The number of rotatable bonds is 0. The van der Waals surface area contributed by atoms with Gasteiger partial charge in [0.15, 0.2) is 0 Å². The van der Waals surface area contributed by atoms with E-state index >= 15 is 0 Å². The number of hydrogen-bond donors (Lipinski definition) is 0. The summed E-state index contributed by atoms with van der Waals surface area (Å²) in [5.74, 6) is 0. The summed E-state index contributed by atoms with van der Waals surface area (Å²) in [6.07, 6.45) is 3.01. The minimum absolute atomic E-state index is 0. The fourth-order valence-corrected chi connectivity index (χ4v) is 11.3. The number of imidazole rings is 2. The molecule has 0 amide bonds. The molecule has 6 heterocycles. The SMILES string of the molecule is CC1(C)CC2(C)c3c(nc4c5[c-]cccc5c5cccc(c5n34)C2(C)C)-c2ccccc21.[2H]C([2H])([2H])c1ccc2c3c1c1ccc[c-]c1c1ncc(n13)C(C)(C)C2(C)C.[Ir]. The average molecular weight is 924 g/mol. The van der Waals surface area contributed by atoms with Crippen molar-refractivity contribution in [3.63, 3.8) is 0 Å². The molecule has 0 saturated carbocycles. The zero-order valence-corrected chi connectivity index (χ0v) is 36.5. The van der Waals surface area contributed by atoms with E-state index in [0.29, 0.717) is 5.56 Å². The molecular weight excluding hydrogens is 873 g/mol. The molecule has 57 heavy (non-hydrogen) atoms. The van der Waals surface area contributed by atoms with Gasteiger partial charge in [0.05, 0.1) is 17.0 Å². The Morgan fingerprint density at radius 1 is 0.632 bits per heavy atom. The summed E-state index contributed by atoms with van der Waals surface area (Å²) in [6, 6.07) is 38.5. The van der Waals surface area contributed by atoms with E-state index < -0.39 is 6.85 Å². The Morgan fingerprint density at radius 2 is 1.30 bits per heavy atom. The van der Waals surface area contributed by atoms with Gasteiger partial charge < -0.3 is 8.80 Å². The number of nitrogens with zero attached hydrogens (tertiary/aromatic N) is 4. The van der Waals surface area contributed by atoms with E-state index in [4.69, 9.17) is 14.1 Å². The third kappa shape index (κ3) is 4.27. The first-order valence-electron chi connectivity index (χ1n) is 21.5. The van der Waals surface area contributed by atoms with Crippen molar-refractivity contribution in [3.8, 4) is 11.3 Å². The van der Waals surface area contributed by atoms with Crippen LogP contribution in [0.1, 0.15) is 106 Å². The maximum absolute atomic E-state index is 8.12. The van der Waals surface area contributed by atoms with Crippen molar-refractivity contribution >= 4 is 54.6 Å². The molecule has 5 aromatic carbocycles. The molecule has 4 aromatic heterocycles. The zero-order chi connectivity index (χ0) is 41.4. The second kappa shape index (κ2) is 11.4. The van der Waals surface area contributed by atoms with Crippen LogP contribution in [0.25, 0.3) is 65.9 Å². The zero-order valence-electron chi connectivity index (χ0n) is 37.1. The van der Waals surface area contributed by atoms with Crippen LogP contribution >= 0.6 is 0 Å². The van der Waals surface area contributed by atoms with Crippen LogP contribution in [0, 0.1) is 19.0 Å². The molecule has 0 saturated heterocycles. The largest absolute Gasteiger partial charge is 0.336 e. The summed E-state index contributed by atoms with van der Waals surface area (Å²) in [4.78, 5) is 10.2. The molecule has 9 aromatic rings. The molecule has 3 aliphatic rings. The van der Waals surface area contributed by atoms with Gasteiger partial charge in [-0.15, -0.1) is 59.3 Å². The third-order valence-corrected chi connectivity index (χ3v) is 15.2. The van der Waals surface area contributed by atoms with Gasteiger partial charge in [-0.1, -0.05) is 133 Å². The van der Waals surface area contributed by atoms with Crippen LogP contribution in [0.2, 0.25) is 0 Å². The molecule has 0 N–H and O–H groups in total. The molecule has 0 spiro atoms. The average Bonchev–Trinajstić information content (AvgIpc) is 3.82. The molecule has 1 atom stereocenters. The quantitative estimate of drug-likeness (QED) is 0.112. The molecule has 1 aliphatic carbocycles. The van der Waals surface area contributed by atoms with E-state index in [9.17, 15) is 0 Å². The number of fused-ring (bicyclic) bond motifs is 8. The van der Waals surface area contributed by atoms with Gasteiger partial charge in [0.2, 0.25) is 0 Å². The predicted molar refractivity (Wildman–Crippen MR) is 232 cm³/mol. The summed E-state index contributed by atoms with van der Waals surface area (Å²) in [7, 11) is 0. The molecule has 1 unspecified atom stereocenters. The molecule has 0 bridgehead atoms. The van der Waals surface area contributed by atoms with Gasteiger partial charge >= 0.3 is 0 Å². The van der Waals surface area contributed by atoms with Crippen molar-refractivity contribution in [2.75, 3.05) is 0 Å². The molecule has 1 radical (unpaired) electrons. The Bertz CT molecular complexity index is 3330. The van der Waals surface area contributed by atoms with E-state index in [2.05, 4.69) is 138 Å². The van der Waals surface area contributed by atoms with Gasteiger partial charge in [-0.25, -0.2) is 0 Å². The summed E-state index contributed by atoms with van der Waals surface area (Å²) < 4.78 is 29.0. The van der Waals surface area contributed by atoms with E-state index in [1.165, 1.54) is 38.7 Å². The molecular formula is C52H48IrN4-2. The van der Waals surface area contributed by atoms with Gasteiger partial charge in [-0.05, 0) is 46.2 Å². The van der Waals surface area contributed by atoms with Crippen LogP contribution in [0.3, 0.4) is 0 Å². The maximum Gasteiger partial charge on any atom is 0.0813 e. The second-order valence-corrected chi connectivity index (χ2v) is 19.1. The Morgan fingerprint density at radius 3 is 2.05 bits per heavy atom. The van der Waals surface area contributed by atoms with Gasteiger partial charge in [0.1, 0.15) is 0 Å². The summed E-state index contributed by atoms with van der Waals surface area (Å²) >= 11 is 0. The summed E-state index contributed by atoms with van der Waals surface area (Å²) in [6.45, 7) is 18.9. The monoisotopic (exact) mass is 924 g/mol. The number of aryl methyl sites for hydroxylation is 1. The fraction of sp³-hybridized carbons (Fsp3) is 0.308. The maximum atomic E-state index is 8.12. The van der Waals surface area contributed by atoms with E-state index in [1.54, 1.807) is 6.07 Å². The first-order valence-corrected chi connectivity index (χ1v) is 20.0. The van der Waals surface area contributed by atoms with Crippen LogP contribution in [0.5, 0.6) is 0 Å². The topological polar surface area (TPSA) is 34.6 Å². The predicted octanol–water partition coefficient (Wildman–Crippen LogP) is 12.7. The summed E-state index contributed by atoms with van der Waals surface area (Å²) in [5, 5.41) is 6.23. The van der Waals surface area contributed by atoms with E-state index in [-0.39, 0.29) is 47.2 Å². The minimum atomic E-state index is -2.19. The summed E-state index contributed by atoms with van der Waals surface area (Å²) in [5.41, 5.74) is 13.1. The van der Waals surface area contributed by atoms with Crippen LogP contribution in [-0.2, 0) is 47.2 Å². The van der Waals surface area contributed by atoms with Crippen LogP contribution in [0.4, 0.5) is 0 Å². The number of para-hydroxylation sites is 1. The van der Waals surface area contributed by atoms with Crippen molar-refractivity contribution in [1.82, 2.24) is 18.8 Å². The first-order chi connectivity index (χ1) is 27.8. The molecule has 5 heteroatoms. The Kier molecular flexibility index (Phi) is 6.65. The Hall–Kier alpha value is -4.83. The van der Waals surface area contributed by atoms with Crippen molar-refractivity contribution in [2.24, 2.45) is 0 Å². The normalized spacial score (nSPS) is 21.2.